The molecule has 0 bridgehead atoms. The molecule has 2 aliphatic rings. The van der Waals surface area contributed by atoms with E-state index in [2.05, 4.69) is 0 Å². The van der Waals surface area contributed by atoms with Crippen LogP contribution in [0.5, 0.6) is 5.75 Å². The zero-order valence-corrected chi connectivity index (χ0v) is 20.8. The topological polar surface area (TPSA) is 111 Å². The third-order valence-electron chi connectivity index (χ3n) is 6.08. The Morgan fingerprint density at radius 3 is 2.44 bits per heavy atom. The van der Waals surface area contributed by atoms with Gasteiger partial charge in [0.05, 0.1) is 34.7 Å². The molecule has 0 aromatic heterocycles. The molecule has 8 nitrogen and oxygen atoms in total. The van der Waals surface area contributed by atoms with Crippen molar-refractivity contribution in [3.8, 4) is 11.8 Å². The van der Waals surface area contributed by atoms with Crippen LogP contribution in [-0.4, -0.2) is 48.0 Å². The first kappa shape index (κ1) is 25.9. The Hall–Kier alpha value is -3.21. The molecular formula is C23H20F3N3O5S2. The maximum atomic E-state index is 13.5. The van der Waals surface area contributed by atoms with Gasteiger partial charge in [-0.2, -0.15) is 18.4 Å². The number of rotatable bonds is 3. The zero-order valence-electron chi connectivity index (χ0n) is 19.2. The van der Waals surface area contributed by atoms with Crippen molar-refractivity contribution in [2.24, 2.45) is 0 Å². The van der Waals surface area contributed by atoms with Gasteiger partial charge >= 0.3 is 6.18 Å². The van der Waals surface area contributed by atoms with Crippen LogP contribution in [0.25, 0.3) is 0 Å². The number of amides is 1. The molecule has 190 valence electrons. The second-order valence-electron chi connectivity index (χ2n) is 8.97. The number of hydrogen-bond acceptors (Lipinski definition) is 7. The summed E-state index contributed by atoms with van der Waals surface area (Å²) in [6, 6.07) is 8.47. The van der Waals surface area contributed by atoms with E-state index in [1.807, 2.05) is 0 Å². The van der Waals surface area contributed by atoms with Crippen LogP contribution in [0.1, 0.15) is 31.9 Å². The highest BCUT2D eigenvalue weighted by molar-refractivity contribution is 7.91. The molecule has 1 N–H and O–H groups in total. The second kappa shape index (κ2) is 8.43. The SMILES string of the molecule is C[C@@H](O)[C@H]1CS(=O)(=O)c2cc(N3C(=S)N(c4ccc(C#N)c(C(F)(F)F)c4)C(=O)C3(C)C)ccc2O1. The average Bonchev–Trinajstić information content (AvgIpc) is 2.95. The summed E-state index contributed by atoms with van der Waals surface area (Å²) in [5.74, 6) is -1.06. The van der Waals surface area contributed by atoms with E-state index in [0.717, 1.165) is 11.0 Å². The minimum Gasteiger partial charge on any atom is -0.485 e. The molecule has 2 aromatic carbocycles. The van der Waals surface area contributed by atoms with Gasteiger partial charge in [-0.25, -0.2) is 8.42 Å². The first-order chi connectivity index (χ1) is 16.6. The van der Waals surface area contributed by atoms with E-state index in [1.165, 1.54) is 56.0 Å². The molecule has 2 aliphatic heterocycles. The van der Waals surface area contributed by atoms with Crippen molar-refractivity contribution in [3.05, 3.63) is 47.5 Å². The number of anilines is 2. The van der Waals surface area contributed by atoms with Crippen LogP contribution >= 0.6 is 12.2 Å². The lowest BCUT2D eigenvalue weighted by atomic mass is 10.0. The number of carbonyl (C=O) groups excluding carboxylic acids is 1. The van der Waals surface area contributed by atoms with E-state index in [1.54, 1.807) is 0 Å². The van der Waals surface area contributed by atoms with Crippen molar-refractivity contribution in [1.82, 2.24) is 0 Å². The standard InChI is InChI=1S/C23H20F3N3O5S2/c1-12(30)18-11-36(32,33)19-9-15(6-7-17(19)34-18)29-21(35)28(20(31)22(29,2)3)14-5-4-13(10-27)16(8-14)23(24,25)26/h4-9,12,18,30H,11H2,1-3H3/t12-,18-/m1/s1. The van der Waals surface area contributed by atoms with Gasteiger partial charge in [-0.05, 0) is 69.4 Å². The lowest BCUT2D eigenvalue weighted by Crippen LogP contribution is -2.44. The number of hydrogen-bond donors (Lipinski definition) is 1. The van der Waals surface area contributed by atoms with Gasteiger partial charge in [0.1, 0.15) is 22.3 Å². The van der Waals surface area contributed by atoms with Gasteiger partial charge in [-0.3, -0.25) is 9.69 Å². The molecule has 2 aromatic rings. The quantitative estimate of drug-likeness (QED) is 0.591. The number of alkyl halides is 3. The van der Waals surface area contributed by atoms with E-state index >= 15 is 0 Å². The van der Waals surface area contributed by atoms with Crippen molar-refractivity contribution >= 4 is 44.4 Å². The Bertz CT molecular complexity index is 1430. The number of benzene rings is 2. The number of thiocarbonyl (C=S) groups is 1. The number of carbonyl (C=O) groups is 1. The number of ether oxygens (including phenoxy) is 1. The molecule has 0 unspecified atom stereocenters. The Morgan fingerprint density at radius 2 is 1.86 bits per heavy atom. The minimum atomic E-state index is -4.84. The van der Waals surface area contributed by atoms with Gasteiger partial charge in [-0.1, -0.05) is 0 Å². The number of nitrogens with zero attached hydrogens (tertiary/aromatic N) is 3. The van der Waals surface area contributed by atoms with Crippen LogP contribution in [0.2, 0.25) is 0 Å². The van der Waals surface area contributed by atoms with Gasteiger partial charge < -0.3 is 14.7 Å². The Balaban J connectivity index is 1.79. The van der Waals surface area contributed by atoms with Gasteiger partial charge in [0.25, 0.3) is 5.91 Å². The maximum absolute atomic E-state index is 13.5. The largest absolute Gasteiger partial charge is 0.485 e. The molecular weight excluding hydrogens is 519 g/mol. The van der Waals surface area contributed by atoms with E-state index < -0.39 is 56.5 Å². The third-order valence-corrected chi connectivity index (χ3v) is 8.20. The fourth-order valence-electron chi connectivity index (χ4n) is 4.18. The molecule has 13 heteroatoms. The lowest BCUT2D eigenvalue weighted by Gasteiger charge is -2.32. The second-order valence-corrected chi connectivity index (χ2v) is 11.3. The van der Waals surface area contributed by atoms with Gasteiger partial charge in [0.2, 0.25) is 0 Å². The highest BCUT2D eigenvalue weighted by atomic mass is 32.2. The number of fused-ring (bicyclic) bond motifs is 1. The number of aliphatic hydroxyl groups is 1. The number of halogens is 3. The van der Waals surface area contributed by atoms with Crippen LogP contribution in [0.15, 0.2) is 41.3 Å². The number of aliphatic hydroxyl groups excluding tert-OH is 1. The Labute approximate surface area is 210 Å². The molecule has 0 aliphatic carbocycles. The third kappa shape index (κ3) is 4.08. The zero-order chi connectivity index (χ0) is 26.8. The number of sulfone groups is 1. The molecule has 0 radical (unpaired) electrons. The first-order valence-corrected chi connectivity index (χ1v) is 12.7. The number of nitriles is 1. The van der Waals surface area contributed by atoms with Gasteiger partial charge in [0, 0.05) is 5.69 Å². The normalized spacial score (nSPS) is 21.6. The highest BCUT2D eigenvalue weighted by Gasteiger charge is 2.51. The van der Waals surface area contributed by atoms with E-state index in [4.69, 9.17) is 22.2 Å². The van der Waals surface area contributed by atoms with Crippen LogP contribution < -0.4 is 14.5 Å². The molecule has 2 atom stereocenters. The summed E-state index contributed by atoms with van der Waals surface area (Å²) in [5.41, 5.74) is -3.17. The van der Waals surface area contributed by atoms with Crippen molar-refractivity contribution < 1.29 is 36.2 Å². The van der Waals surface area contributed by atoms with Gasteiger partial charge in [-0.15, -0.1) is 0 Å². The van der Waals surface area contributed by atoms with Crippen molar-refractivity contribution in [2.75, 3.05) is 15.6 Å². The smallest absolute Gasteiger partial charge is 0.417 e. The predicted octanol–water partition coefficient (Wildman–Crippen LogP) is 3.41. The maximum Gasteiger partial charge on any atom is 0.417 e. The van der Waals surface area contributed by atoms with Crippen LogP contribution in [0.4, 0.5) is 24.5 Å². The molecule has 2 heterocycles. The van der Waals surface area contributed by atoms with E-state index in [-0.39, 0.29) is 27.1 Å². The molecule has 1 fully saturated rings. The summed E-state index contributed by atoms with van der Waals surface area (Å²) in [6.07, 6.45) is -6.82. The predicted molar refractivity (Wildman–Crippen MR) is 127 cm³/mol. The fourth-order valence-corrected chi connectivity index (χ4v) is 6.38. The monoisotopic (exact) mass is 539 g/mol. The van der Waals surface area contributed by atoms with Crippen molar-refractivity contribution in [2.45, 2.75) is 49.6 Å². The molecule has 1 amide bonds. The Morgan fingerprint density at radius 1 is 1.22 bits per heavy atom. The fraction of sp³-hybridized carbons (Fsp3) is 0.348. The summed E-state index contributed by atoms with van der Waals surface area (Å²) in [5, 5.41) is 18.7. The minimum absolute atomic E-state index is 0.0314. The summed E-state index contributed by atoms with van der Waals surface area (Å²) < 4.78 is 71.9. The molecule has 4 rings (SSSR count). The van der Waals surface area contributed by atoms with Crippen LogP contribution in [0.3, 0.4) is 0 Å². The highest BCUT2D eigenvalue weighted by Crippen LogP contribution is 2.42. The molecule has 0 saturated carbocycles. The first-order valence-electron chi connectivity index (χ1n) is 10.6. The molecule has 1 saturated heterocycles. The van der Waals surface area contributed by atoms with Crippen LogP contribution in [-0.2, 0) is 20.8 Å². The van der Waals surface area contributed by atoms with Gasteiger partial charge in [0.15, 0.2) is 14.9 Å². The summed E-state index contributed by atoms with van der Waals surface area (Å²) >= 11 is 5.49. The van der Waals surface area contributed by atoms with E-state index in [0.29, 0.717) is 6.07 Å². The van der Waals surface area contributed by atoms with Crippen molar-refractivity contribution in [3.63, 3.8) is 0 Å². The lowest BCUT2D eigenvalue weighted by molar-refractivity contribution is -0.137. The van der Waals surface area contributed by atoms with Crippen molar-refractivity contribution in [1.29, 1.82) is 5.26 Å². The van der Waals surface area contributed by atoms with E-state index in [9.17, 15) is 31.5 Å². The Kier molecular flexibility index (Phi) is 6.06. The average molecular weight is 540 g/mol. The molecule has 0 spiro atoms. The summed E-state index contributed by atoms with van der Waals surface area (Å²) in [6.45, 7) is 4.42. The summed E-state index contributed by atoms with van der Waals surface area (Å²) in [4.78, 5) is 15.5. The van der Waals surface area contributed by atoms with Crippen LogP contribution in [0, 0.1) is 11.3 Å². The summed E-state index contributed by atoms with van der Waals surface area (Å²) in [7, 11) is -3.86. The molecule has 36 heavy (non-hydrogen) atoms.